The molecule has 0 aromatic heterocycles. The van der Waals surface area contributed by atoms with E-state index < -0.39 is 5.54 Å². The number of nitrogens with one attached hydrogen (secondary N) is 1. The molecular formula is C28H30N2O2. The molecule has 4 rings (SSSR count). The molecule has 3 aromatic carbocycles. The van der Waals surface area contributed by atoms with Gasteiger partial charge >= 0.3 is 0 Å². The summed E-state index contributed by atoms with van der Waals surface area (Å²) in [6.45, 7) is 10.3. The Morgan fingerprint density at radius 2 is 1.62 bits per heavy atom. The fourth-order valence-corrected chi connectivity index (χ4v) is 4.52. The number of anilines is 2. The van der Waals surface area contributed by atoms with Crippen molar-refractivity contribution in [1.82, 2.24) is 0 Å². The molecule has 4 nitrogen and oxygen atoms in total. The first-order valence-electron chi connectivity index (χ1n) is 11.1. The van der Waals surface area contributed by atoms with Crippen molar-refractivity contribution in [3.05, 3.63) is 94.5 Å². The molecule has 2 amide bonds. The van der Waals surface area contributed by atoms with Gasteiger partial charge in [-0.25, -0.2) is 0 Å². The van der Waals surface area contributed by atoms with Gasteiger partial charge in [-0.1, -0.05) is 74.0 Å². The summed E-state index contributed by atoms with van der Waals surface area (Å²) < 4.78 is 0. The number of hydrogen-bond acceptors (Lipinski definition) is 2. The van der Waals surface area contributed by atoms with Gasteiger partial charge in [0.2, 0.25) is 5.91 Å². The van der Waals surface area contributed by atoms with Crippen molar-refractivity contribution < 1.29 is 9.59 Å². The SMILES string of the molecule is Cc1ccc(N2C(=O)CC2(C(=O)Nc2ccccc2C)c2ccc(C(C)C)cc2)c(C)c1. The zero-order valence-corrected chi connectivity index (χ0v) is 19.4. The van der Waals surface area contributed by atoms with Crippen LogP contribution in [0.15, 0.2) is 66.7 Å². The fraction of sp³-hybridized carbons (Fsp3) is 0.286. The highest BCUT2D eigenvalue weighted by Gasteiger charge is 2.58. The molecule has 1 fully saturated rings. The van der Waals surface area contributed by atoms with Crippen LogP contribution in [0.5, 0.6) is 0 Å². The number of carbonyl (C=O) groups excluding carboxylic acids is 2. The highest BCUT2D eigenvalue weighted by Crippen LogP contribution is 2.47. The van der Waals surface area contributed by atoms with E-state index in [1.807, 2.05) is 75.4 Å². The van der Waals surface area contributed by atoms with E-state index in [1.165, 1.54) is 5.56 Å². The lowest BCUT2D eigenvalue weighted by molar-refractivity contribution is -0.137. The number of β-lactam (4-membered cyclic amide) rings is 1. The molecule has 1 aliphatic rings. The second-order valence-corrected chi connectivity index (χ2v) is 9.10. The van der Waals surface area contributed by atoms with Gasteiger partial charge in [0.1, 0.15) is 0 Å². The van der Waals surface area contributed by atoms with Gasteiger partial charge < -0.3 is 5.32 Å². The molecule has 0 bridgehead atoms. The fourth-order valence-electron chi connectivity index (χ4n) is 4.52. The quantitative estimate of drug-likeness (QED) is 0.508. The van der Waals surface area contributed by atoms with Gasteiger partial charge in [0.05, 0.1) is 6.42 Å². The summed E-state index contributed by atoms with van der Waals surface area (Å²) in [5, 5.41) is 3.11. The highest BCUT2D eigenvalue weighted by molar-refractivity contribution is 6.17. The topological polar surface area (TPSA) is 49.4 Å². The van der Waals surface area contributed by atoms with E-state index in [-0.39, 0.29) is 18.2 Å². The predicted octanol–water partition coefficient (Wildman–Crippen LogP) is 6.01. The van der Waals surface area contributed by atoms with Crippen molar-refractivity contribution in [2.75, 3.05) is 10.2 Å². The largest absolute Gasteiger partial charge is 0.323 e. The van der Waals surface area contributed by atoms with Gasteiger partial charge in [-0.3, -0.25) is 14.5 Å². The van der Waals surface area contributed by atoms with Gasteiger partial charge in [0, 0.05) is 11.4 Å². The second-order valence-electron chi connectivity index (χ2n) is 9.10. The average molecular weight is 427 g/mol. The standard InChI is InChI=1S/C28H30N2O2/c1-18(2)22-11-13-23(14-12-22)28(27(32)29-24-9-7-6-8-20(24)4)17-26(31)30(28)25-15-10-19(3)16-21(25)5/h6-16,18H,17H2,1-5H3,(H,29,32). The third-order valence-corrected chi connectivity index (χ3v) is 6.46. The molecule has 1 heterocycles. The van der Waals surface area contributed by atoms with E-state index >= 15 is 0 Å². The summed E-state index contributed by atoms with van der Waals surface area (Å²) in [6.07, 6.45) is 0.138. The van der Waals surface area contributed by atoms with Crippen LogP contribution in [0.4, 0.5) is 11.4 Å². The maximum atomic E-state index is 13.9. The molecule has 1 N–H and O–H groups in total. The van der Waals surface area contributed by atoms with Gasteiger partial charge in [0.25, 0.3) is 5.91 Å². The Hall–Kier alpha value is -3.40. The Bertz CT molecular complexity index is 1180. The van der Waals surface area contributed by atoms with E-state index in [0.29, 0.717) is 5.92 Å². The molecule has 3 aromatic rings. The Kier molecular flexibility index (Phi) is 5.64. The van der Waals surface area contributed by atoms with Gasteiger partial charge in [-0.05, 0) is 61.1 Å². The summed E-state index contributed by atoms with van der Waals surface area (Å²) in [7, 11) is 0. The van der Waals surface area contributed by atoms with E-state index in [2.05, 4.69) is 31.3 Å². The van der Waals surface area contributed by atoms with Crippen LogP contribution in [0.25, 0.3) is 0 Å². The second kappa shape index (κ2) is 8.27. The number of hydrogen-bond donors (Lipinski definition) is 1. The van der Waals surface area contributed by atoms with Gasteiger partial charge in [-0.15, -0.1) is 0 Å². The Labute approximate surface area is 190 Å². The molecule has 0 saturated carbocycles. The van der Waals surface area contributed by atoms with Crippen LogP contribution < -0.4 is 10.2 Å². The van der Waals surface area contributed by atoms with Crippen LogP contribution in [0, 0.1) is 20.8 Å². The van der Waals surface area contributed by atoms with Crippen molar-refractivity contribution in [2.45, 2.75) is 52.5 Å². The molecule has 0 aliphatic carbocycles. The maximum absolute atomic E-state index is 13.9. The van der Waals surface area contributed by atoms with Crippen LogP contribution in [0.2, 0.25) is 0 Å². The van der Waals surface area contributed by atoms with E-state index in [1.54, 1.807) is 4.90 Å². The minimum atomic E-state index is -1.09. The van der Waals surface area contributed by atoms with Crippen LogP contribution in [0.3, 0.4) is 0 Å². The lowest BCUT2D eigenvalue weighted by Crippen LogP contribution is -2.67. The summed E-state index contributed by atoms with van der Waals surface area (Å²) in [5.41, 5.74) is 5.56. The van der Waals surface area contributed by atoms with Crippen LogP contribution in [-0.4, -0.2) is 11.8 Å². The average Bonchev–Trinajstić information content (AvgIpc) is 2.75. The summed E-state index contributed by atoms with van der Waals surface area (Å²) in [5.74, 6) is 0.146. The van der Waals surface area contributed by atoms with Crippen molar-refractivity contribution >= 4 is 23.2 Å². The molecule has 4 heteroatoms. The number of rotatable bonds is 5. The molecule has 1 atom stereocenters. The lowest BCUT2D eigenvalue weighted by Gasteiger charge is -2.51. The lowest BCUT2D eigenvalue weighted by atomic mass is 9.75. The van der Waals surface area contributed by atoms with E-state index in [4.69, 9.17) is 0 Å². The molecule has 32 heavy (non-hydrogen) atoms. The zero-order valence-electron chi connectivity index (χ0n) is 19.4. The number of benzene rings is 3. The third kappa shape index (κ3) is 3.60. The molecule has 0 spiro atoms. The summed E-state index contributed by atoms with van der Waals surface area (Å²) in [4.78, 5) is 28.6. The first kappa shape index (κ1) is 21.8. The van der Waals surface area contributed by atoms with Gasteiger partial charge in [-0.2, -0.15) is 0 Å². The van der Waals surface area contributed by atoms with Crippen LogP contribution in [-0.2, 0) is 15.1 Å². The molecule has 1 aliphatic heterocycles. The predicted molar refractivity (Wildman–Crippen MR) is 130 cm³/mol. The van der Waals surface area contributed by atoms with Crippen molar-refractivity contribution in [1.29, 1.82) is 0 Å². The normalized spacial score (nSPS) is 17.9. The number of para-hydroxylation sites is 1. The number of amides is 2. The maximum Gasteiger partial charge on any atom is 0.255 e. The minimum Gasteiger partial charge on any atom is -0.323 e. The number of nitrogens with zero attached hydrogens (tertiary/aromatic N) is 1. The van der Waals surface area contributed by atoms with Gasteiger partial charge in [0.15, 0.2) is 5.54 Å². The Morgan fingerprint density at radius 3 is 2.22 bits per heavy atom. The van der Waals surface area contributed by atoms with Crippen LogP contribution in [0.1, 0.15) is 54.0 Å². The first-order chi connectivity index (χ1) is 15.2. The third-order valence-electron chi connectivity index (χ3n) is 6.46. The molecule has 164 valence electrons. The van der Waals surface area contributed by atoms with Crippen LogP contribution >= 0.6 is 0 Å². The molecule has 0 radical (unpaired) electrons. The Balaban J connectivity index is 1.83. The molecule has 1 saturated heterocycles. The summed E-state index contributed by atoms with van der Waals surface area (Å²) >= 11 is 0. The van der Waals surface area contributed by atoms with E-state index in [9.17, 15) is 9.59 Å². The monoisotopic (exact) mass is 426 g/mol. The minimum absolute atomic E-state index is 0.0511. The number of aryl methyl sites for hydroxylation is 3. The first-order valence-corrected chi connectivity index (χ1v) is 11.1. The number of carbonyl (C=O) groups is 2. The molecular weight excluding hydrogens is 396 g/mol. The van der Waals surface area contributed by atoms with E-state index in [0.717, 1.165) is 33.6 Å². The van der Waals surface area contributed by atoms with Crippen molar-refractivity contribution in [2.24, 2.45) is 0 Å². The van der Waals surface area contributed by atoms with Crippen molar-refractivity contribution in [3.63, 3.8) is 0 Å². The van der Waals surface area contributed by atoms with Crippen molar-refractivity contribution in [3.8, 4) is 0 Å². The summed E-state index contributed by atoms with van der Waals surface area (Å²) in [6, 6.07) is 21.8. The Morgan fingerprint density at radius 1 is 0.938 bits per heavy atom. The highest BCUT2D eigenvalue weighted by atomic mass is 16.2. The smallest absolute Gasteiger partial charge is 0.255 e. The molecule has 1 unspecified atom stereocenters. The zero-order chi connectivity index (χ0) is 23.0.